The highest BCUT2D eigenvalue weighted by molar-refractivity contribution is 5.83. The van der Waals surface area contributed by atoms with Crippen molar-refractivity contribution in [3.05, 3.63) is 17.5 Å². The molecule has 0 saturated heterocycles. The number of hydrogen-bond donors (Lipinski definition) is 3. The van der Waals surface area contributed by atoms with Gasteiger partial charge in [-0.25, -0.2) is 4.99 Å². The third kappa shape index (κ3) is 5.38. The van der Waals surface area contributed by atoms with E-state index in [0.29, 0.717) is 30.7 Å². The molecule has 0 bridgehead atoms. The van der Waals surface area contributed by atoms with E-state index in [9.17, 15) is 4.79 Å². The molecule has 4 N–H and O–H groups in total. The molecule has 1 rings (SSSR count). The van der Waals surface area contributed by atoms with Crippen molar-refractivity contribution in [2.45, 2.75) is 47.1 Å². The van der Waals surface area contributed by atoms with Crippen molar-refractivity contribution in [2.24, 2.45) is 16.1 Å². The molecule has 124 valence electrons. The first-order chi connectivity index (χ1) is 10.3. The molecular formula is C15H27N5O2. The Balaban J connectivity index is 2.67. The lowest BCUT2D eigenvalue weighted by Gasteiger charge is -2.22. The number of primary amides is 1. The Bertz CT molecular complexity index is 520. The van der Waals surface area contributed by atoms with Gasteiger partial charge in [0.25, 0.3) is 0 Å². The number of hydrogen-bond acceptors (Lipinski definition) is 4. The summed E-state index contributed by atoms with van der Waals surface area (Å²) in [4.78, 5) is 15.8. The predicted molar refractivity (Wildman–Crippen MR) is 86.4 cm³/mol. The first-order valence-electron chi connectivity index (χ1n) is 7.53. The number of nitrogens with zero attached hydrogens (tertiary/aromatic N) is 2. The van der Waals surface area contributed by atoms with Gasteiger partial charge in [0, 0.05) is 19.2 Å². The number of carbonyl (C=O) groups is 1. The Hall–Kier alpha value is -2.05. The quantitative estimate of drug-likeness (QED) is 0.521. The van der Waals surface area contributed by atoms with Crippen LogP contribution in [0.2, 0.25) is 0 Å². The SMILES string of the molecule is CCNC(=NCc1cc(C(C)C)no1)NCC(C)(C)C(N)=O. The molecule has 0 aliphatic rings. The maximum absolute atomic E-state index is 11.3. The van der Waals surface area contributed by atoms with Crippen LogP contribution >= 0.6 is 0 Å². The third-order valence-corrected chi connectivity index (χ3v) is 3.27. The van der Waals surface area contributed by atoms with Gasteiger partial charge in [-0.1, -0.05) is 19.0 Å². The summed E-state index contributed by atoms with van der Waals surface area (Å²) in [6.07, 6.45) is 0. The normalized spacial score (nSPS) is 12.5. The van der Waals surface area contributed by atoms with Crippen molar-refractivity contribution < 1.29 is 9.32 Å². The van der Waals surface area contributed by atoms with Gasteiger partial charge in [0.15, 0.2) is 11.7 Å². The van der Waals surface area contributed by atoms with Gasteiger partial charge in [-0.05, 0) is 26.7 Å². The number of aromatic nitrogens is 1. The van der Waals surface area contributed by atoms with Crippen LogP contribution in [0.15, 0.2) is 15.6 Å². The zero-order valence-corrected chi connectivity index (χ0v) is 14.1. The second kappa shape index (κ2) is 7.82. The maximum atomic E-state index is 11.3. The highest BCUT2D eigenvalue weighted by Crippen LogP contribution is 2.14. The average molecular weight is 309 g/mol. The zero-order valence-electron chi connectivity index (χ0n) is 14.1. The molecule has 1 amide bonds. The summed E-state index contributed by atoms with van der Waals surface area (Å²) in [5.74, 6) is 1.28. The van der Waals surface area contributed by atoms with E-state index >= 15 is 0 Å². The monoisotopic (exact) mass is 309 g/mol. The summed E-state index contributed by atoms with van der Waals surface area (Å²) in [6.45, 7) is 11.2. The summed E-state index contributed by atoms with van der Waals surface area (Å²) >= 11 is 0. The van der Waals surface area contributed by atoms with Gasteiger partial charge < -0.3 is 20.9 Å². The van der Waals surface area contributed by atoms with E-state index < -0.39 is 5.41 Å². The van der Waals surface area contributed by atoms with E-state index in [-0.39, 0.29) is 5.91 Å². The lowest BCUT2D eigenvalue weighted by molar-refractivity contribution is -0.125. The largest absolute Gasteiger partial charge is 0.369 e. The molecule has 7 nitrogen and oxygen atoms in total. The van der Waals surface area contributed by atoms with Crippen LogP contribution in [0.4, 0.5) is 0 Å². The molecular weight excluding hydrogens is 282 g/mol. The van der Waals surface area contributed by atoms with Crippen LogP contribution in [-0.2, 0) is 11.3 Å². The minimum absolute atomic E-state index is 0.323. The lowest BCUT2D eigenvalue weighted by Crippen LogP contribution is -2.46. The molecule has 0 saturated carbocycles. The van der Waals surface area contributed by atoms with Crippen LogP contribution in [0, 0.1) is 5.41 Å². The molecule has 7 heteroatoms. The number of amides is 1. The van der Waals surface area contributed by atoms with E-state index in [1.807, 2.05) is 13.0 Å². The third-order valence-electron chi connectivity index (χ3n) is 3.27. The summed E-state index contributed by atoms with van der Waals surface area (Å²) in [7, 11) is 0. The standard InChI is InChI=1S/C15H27N5O2/c1-6-17-14(19-9-15(4,5)13(16)21)18-8-11-7-12(10(2)3)20-22-11/h7,10H,6,8-9H2,1-5H3,(H2,16,21)(H2,17,18,19). The highest BCUT2D eigenvalue weighted by atomic mass is 16.5. The van der Waals surface area contributed by atoms with Crippen LogP contribution in [0.25, 0.3) is 0 Å². The lowest BCUT2D eigenvalue weighted by atomic mass is 9.93. The van der Waals surface area contributed by atoms with Crippen LogP contribution in [0.5, 0.6) is 0 Å². The van der Waals surface area contributed by atoms with Gasteiger partial charge in [-0.15, -0.1) is 0 Å². The molecule has 0 spiro atoms. The molecule has 1 aromatic rings. The number of guanidine groups is 1. The van der Waals surface area contributed by atoms with Crippen LogP contribution in [0.3, 0.4) is 0 Å². The Labute approximate surface area is 131 Å². The van der Waals surface area contributed by atoms with Gasteiger partial charge in [0.1, 0.15) is 6.54 Å². The summed E-state index contributed by atoms with van der Waals surface area (Å²) in [5, 5.41) is 10.2. The van der Waals surface area contributed by atoms with Crippen LogP contribution in [0.1, 0.15) is 52.0 Å². The number of aliphatic imine (C=N–C) groups is 1. The fraction of sp³-hybridized carbons (Fsp3) is 0.667. The highest BCUT2D eigenvalue weighted by Gasteiger charge is 2.24. The van der Waals surface area contributed by atoms with E-state index in [1.54, 1.807) is 13.8 Å². The van der Waals surface area contributed by atoms with E-state index in [1.165, 1.54) is 0 Å². The van der Waals surface area contributed by atoms with Crippen LogP contribution < -0.4 is 16.4 Å². The molecule has 0 aliphatic carbocycles. The predicted octanol–water partition coefficient (Wildman–Crippen LogP) is 1.36. The topological polar surface area (TPSA) is 106 Å². The minimum atomic E-state index is -0.646. The zero-order chi connectivity index (χ0) is 16.8. The minimum Gasteiger partial charge on any atom is -0.369 e. The molecule has 0 unspecified atom stereocenters. The van der Waals surface area contributed by atoms with Crippen molar-refractivity contribution in [3.8, 4) is 0 Å². The number of nitrogens with two attached hydrogens (primary N) is 1. The van der Waals surface area contributed by atoms with Crippen molar-refractivity contribution in [2.75, 3.05) is 13.1 Å². The molecule has 22 heavy (non-hydrogen) atoms. The average Bonchev–Trinajstić information content (AvgIpc) is 2.91. The summed E-state index contributed by atoms with van der Waals surface area (Å²) < 4.78 is 5.25. The fourth-order valence-electron chi connectivity index (χ4n) is 1.57. The fourth-order valence-corrected chi connectivity index (χ4v) is 1.57. The summed E-state index contributed by atoms with van der Waals surface area (Å²) in [6, 6.07) is 1.91. The van der Waals surface area contributed by atoms with Crippen molar-refractivity contribution in [3.63, 3.8) is 0 Å². The van der Waals surface area contributed by atoms with Crippen molar-refractivity contribution in [1.29, 1.82) is 0 Å². The van der Waals surface area contributed by atoms with Gasteiger partial charge in [0.05, 0.1) is 11.1 Å². The van der Waals surface area contributed by atoms with E-state index in [2.05, 4.69) is 34.6 Å². The first-order valence-corrected chi connectivity index (χ1v) is 7.53. The molecule has 1 heterocycles. The van der Waals surface area contributed by atoms with E-state index in [4.69, 9.17) is 10.3 Å². The van der Waals surface area contributed by atoms with Gasteiger partial charge in [-0.3, -0.25) is 4.79 Å². The molecule has 0 aliphatic heterocycles. The molecule has 0 fully saturated rings. The van der Waals surface area contributed by atoms with Crippen molar-refractivity contribution in [1.82, 2.24) is 15.8 Å². The second-order valence-electron chi connectivity index (χ2n) is 6.17. The Kier molecular flexibility index (Phi) is 6.39. The number of nitrogens with one attached hydrogen (secondary N) is 2. The van der Waals surface area contributed by atoms with Crippen LogP contribution in [-0.4, -0.2) is 30.1 Å². The Morgan fingerprint density at radius 1 is 1.45 bits per heavy atom. The molecule has 0 atom stereocenters. The smallest absolute Gasteiger partial charge is 0.224 e. The van der Waals surface area contributed by atoms with Crippen molar-refractivity contribution >= 4 is 11.9 Å². The van der Waals surface area contributed by atoms with Gasteiger partial charge in [-0.2, -0.15) is 0 Å². The number of carbonyl (C=O) groups excluding carboxylic acids is 1. The maximum Gasteiger partial charge on any atom is 0.224 e. The summed E-state index contributed by atoms with van der Waals surface area (Å²) in [5.41, 5.74) is 5.63. The molecule has 0 radical (unpaired) electrons. The molecule has 0 aromatic carbocycles. The number of rotatable bonds is 7. The van der Waals surface area contributed by atoms with Gasteiger partial charge in [0.2, 0.25) is 5.91 Å². The second-order valence-corrected chi connectivity index (χ2v) is 6.17. The first kappa shape index (κ1) is 18.0. The van der Waals surface area contributed by atoms with Gasteiger partial charge >= 0.3 is 0 Å². The molecule has 1 aromatic heterocycles. The van der Waals surface area contributed by atoms with E-state index in [0.717, 1.165) is 12.2 Å². The Morgan fingerprint density at radius 2 is 2.14 bits per heavy atom. The Morgan fingerprint density at radius 3 is 2.64 bits per heavy atom.